The fourth-order valence-corrected chi connectivity index (χ4v) is 4.65. The minimum absolute atomic E-state index is 0.268. The molecule has 118 valence electrons. The van der Waals surface area contributed by atoms with Gasteiger partial charge in [-0.25, -0.2) is 16.8 Å². The highest BCUT2D eigenvalue weighted by Gasteiger charge is 2.35. The maximum absolute atomic E-state index is 12.2. The van der Waals surface area contributed by atoms with E-state index >= 15 is 0 Å². The second-order valence-electron chi connectivity index (χ2n) is 4.10. The first-order valence-electron chi connectivity index (χ1n) is 5.66. The number of halogens is 2. The van der Waals surface area contributed by atoms with Crippen molar-refractivity contribution in [2.45, 2.75) is 9.79 Å². The number of rotatable bonds is 4. The third kappa shape index (κ3) is 3.27. The summed E-state index contributed by atoms with van der Waals surface area (Å²) in [5.41, 5.74) is 0. The van der Waals surface area contributed by atoms with E-state index in [1.165, 1.54) is 24.3 Å². The van der Waals surface area contributed by atoms with Crippen molar-refractivity contribution in [3.63, 3.8) is 0 Å². The molecule has 0 atom stereocenters. The maximum atomic E-state index is 12.2. The quantitative estimate of drug-likeness (QED) is 0.821. The van der Waals surface area contributed by atoms with Crippen molar-refractivity contribution in [3.05, 3.63) is 58.6 Å². The van der Waals surface area contributed by atoms with E-state index in [1.807, 2.05) is 0 Å². The van der Waals surface area contributed by atoms with Gasteiger partial charge in [0.15, 0.2) is 0 Å². The summed E-state index contributed by atoms with van der Waals surface area (Å²) >= 11 is 11.3. The Morgan fingerprint density at radius 1 is 0.682 bits per heavy atom. The molecule has 0 bridgehead atoms. The van der Waals surface area contributed by atoms with Crippen LogP contribution < -0.4 is 0 Å². The van der Waals surface area contributed by atoms with Crippen molar-refractivity contribution in [2.75, 3.05) is 0 Å². The van der Waals surface area contributed by atoms with Gasteiger partial charge in [-0.05, 0) is 48.5 Å². The summed E-state index contributed by atoms with van der Waals surface area (Å²) in [7, 11) is -9.32. The average Bonchev–Trinajstić information content (AvgIpc) is 2.47. The average molecular weight is 382 g/mol. The van der Waals surface area contributed by atoms with Gasteiger partial charge in [0.05, 0.1) is 9.79 Å². The molecular weight excluding hydrogens is 373 g/mol. The Kier molecular flexibility index (Phi) is 4.81. The molecule has 2 aromatic rings. The second-order valence-corrected chi connectivity index (χ2v) is 8.73. The van der Waals surface area contributed by atoms with Crippen molar-refractivity contribution in [1.82, 2.24) is 3.87 Å². The van der Waals surface area contributed by atoms with E-state index < -0.39 is 33.7 Å². The van der Waals surface area contributed by atoms with Crippen LogP contribution in [0.25, 0.3) is 0 Å². The van der Waals surface area contributed by atoms with E-state index in [0.29, 0.717) is 0 Å². The largest absolute Gasteiger partial charge is 0.285 e. The van der Waals surface area contributed by atoms with Crippen LogP contribution in [0, 0.1) is 0 Å². The molecule has 0 aliphatic heterocycles. The zero-order valence-electron chi connectivity index (χ0n) is 10.7. The van der Waals surface area contributed by atoms with E-state index in [-0.39, 0.29) is 10.0 Å². The summed E-state index contributed by atoms with van der Waals surface area (Å²) in [6.45, 7) is 0. The lowest BCUT2D eigenvalue weighted by molar-refractivity contribution is 0.0943. The van der Waals surface area contributed by atoms with Crippen molar-refractivity contribution >= 4 is 43.2 Å². The number of sulfonamides is 2. The lowest BCUT2D eigenvalue weighted by Gasteiger charge is -2.15. The fraction of sp³-hybridized carbons (Fsp3) is 0. The first-order valence-corrected chi connectivity index (χ1v) is 9.30. The van der Waals surface area contributed by atoms with Crippen molar-refractivity contribution in [2.24, 2.45) is 0 Å². The molecule has 10 heteroatoms. The minimum atomic E-state index is -4.66. The van der Waals surface area contributed by atoms with Crippen LogP contribution in [0.5, 0.6) is 0 Å². The monoisotopic (exact) mass is 381 g/mol. The standard InChI is InChI=1S/C12H9Cl2NO5S2/c13-9-1-5-11(6-2-9)21(17,18)15(16)22(19,20)12-7-3-10(14)4-8-12/h1-8,16H. The van der Waals surface area contributed by atoms with Crippen LogP contribution >= 0.6 is 23.2 Å². The Morgan fingerprint density at radius 2 is 0.955 bits per heavy atom. The van der Waals surface area contributed by atoms with Gasteiger partial charge in [-0.1, -0.05) is 23.2 Å². The van der Waals surface area contributed by atoms with Crippen molar-refractivity contribution in [1.29, 1.82) is 0 Å². The molecule has 22 heavy (non-hydrogen) atoms. The SMILES string of the molecule is O=S(=O)(c1ccc(Cl)cc1)N(O)S(=O)(=O)c1ccc(Cl)cc1. The number of benzene rings is 2. The molecule has 0 saturated heterocycles. The van der Waals surface area contributed by atoms with Gasteiger partial charge in [0.2, 0.25) is 0 Å². The first kappa shape index (κ1) is 17.2. The molecule has 0 heterocycles. The van der Waals surface area contributed by atoms with Crippen LogP contribution in [0.3, 0.4) is 0 Å². The van der Waals surface area contributed by atoms with E-state index in [0.717, 1.165) is 24.3 Å². The molecule has 1 N–H and O–H groups in total. The smallest absolute Gasteiger partial charge is 0.279 e. The Labute approximate surface area is 137 Å². The zero-order valence-corrected chi connectivity index (χ0v) is 13.9. The van der Waals surface area contributed by atoms with Crippen LogP contribution in [0.4, 0.5) is 0 Å². The van der Waals surface area contributed by atoms with Crippen LogP contribution in [-0.4, -0.2) is 25.9 Å². The van der Waals surface area contributed by atoms with Gasteiger partial charge < -0.3 is 0 Å². The van der Waals surface area contributed by atoms with Gasteiger partial charge in [0.25, 0.3) is 20.0 Å². The summed E-state index contributed by atoms with van der Waals surface area (Å²) in [6.07, 6.45) is 0. The second kappa shape index (κ2) is 6.15. The summed E-state index contributed by atoms with van der Waals surface area (Å²) in [5, 5.41) is 10.3. The van der Waals surface area contributed by atoms with Gasteiger partial charge >= 0.3 is 0 Å². The van der Waals surface area contributed by atoms with Gasteiger partial charge in [-0.2, -0.15) is 0 Å². The normalized spacial score (nSPS) is 12.5. The molecule has 0 fully saturated rings. The van der Waals surface area contributed by atoms with E-state index in [1.54, 1.807) is 0 Å². The highest BCUT2D eigenvalue weighted by atomic mass is 35.5. The molecule has 0 unspecified atom stereocenters. The Morgan fingerprint density at radius 3 is 1.23 bits per heavy atom. The highest BCUT2D eigenvalue weighted by molar-refractivity contribution is 8.03. The van der Waals surface area contributed by atoms with Gasteiger partial charge in [0.1, 0.15) is 0 Å². The van der Waals surface area contributed by atoms with E-state index in [2.05, 4.69) is 0 Å². The molecule has 0 amide bonds. The number of hydrogen-bond donors (Lipinski definition) is 1. The maximum Gasteiger partial charge on any atom is 0.279 e. The Hall–Kier alpha value is -1.16. The summed E-state index contributed by atoms with van der Waals surface area (Å²) < 4.78 is 48.0. The molecule has 0 aliphatic rings. The topological polar surface area (TPSA) is 91.8 Å². The molecular formula is C12H9Cl2NO5S2. The third-order valence-electron chi connectivity index (χ3n) is 2.63. The molecule has 2 rings (SSSR count). The van der Waals surface area contributed by atoms with Crippen molar-refractivity contribution < 1.29 is 22.0 Å². The van der Waals surface area contributed by atoms with Crippen LogP contribution in [-0.2, 0) is 20.0 Å². The number of hydrogen-bond acceptors (Lipinski definition) is 5. The summed E-state index contributed by atoms with van der Waals surface area (Å²) in [4.78, 5) is -0.839. The van der Waals surface area contributed by atoms with Gasteiger partial charge in [-0.15, -0.1) is 0 Å². The molecule has 0 radical (unpaired) electrons. The number of nitrogens with zero attached hydrogens (tertiary/aromatic N) is 1. The molecule has 0 spiro atoms. The van der Waals surface area contributed by atoms with Gasteiger partial charge in [0, 0.05) is 13.9 Å². The molecule has 0 aromatic heterocycles. The first-order chi connectivity index (χ1) is 10.2. The Bertz CT molecular complexity index is 803. The highest BCUT2D eigenvalue weighted by Crippen LogP contribution is 2.24. The molecule has 0 aliphatic carbocycles. The van der Waals surface area contributed by atoms with E-state index in [9.17, 15) is 22.0 Å². The predicted octanol–water partition coefficient (Wildman–Crippen LogP) is 2.76. The molecule has 0 saturated carbocycles. The summed E-state index contributed by atoms with van der Waals surface area (Å²) in [5.74, 6) is 0. The molecule has 2 aromatic carbocycles. The summed E-state index contributed by atoms with van der Waals surface area (Å²) in [6, 6.07) is 9.37. The van der Waals surface area contributed by atoms with E-state index in [4.69, 9.17) is 23.2 Å². The third-order valence-corrected chi connectivity index (χ3v) is 6.87. The zero-order chi connectivity index (χ0) is 16.5. The van der Waals surface area contributed by atoms with Crippen LogP contribution in [0.15, 0.2) is 58.3 Å². The van der Waals surface area contributed by atoms with Crippen LogP contribution in [0.2, 0.25) is 10.0 Å². The van der Waals surface area contributed by atoms with Crippen molar-refractivity contribution in [3.8, 4) is 0 Å². The molecule has 6 nitrogen and oxygen atoms in total. The fourth-order valence-electron chi connectivity index (χ4n) is 1.52. The minimum Gasteiger partial charge on any atom is -0.285 e. The lowest BCUT2D eigenvalue weighted by atomic mass is 10.4. The lowest BCUT2D eigenvalue weighted by Crippen LogP contribution is -2.33. The predicted molar refractivity (Wildman–Crippen MR) is 80.9 cm³/mol. The Balaban J connectivity index is 2.47. The van der Waals surface area contributed by atoms with Gasteiger partial charge in [-0.3, -0.25) is 5.21 Å². The van der Waals surface area contributed by atoms with Crippen LogP contribution in [0.1, 0.15) is 0 Å².